The molecule has 1 unspecified atom stereocenters. The lowest BCUT2D eigenvalue weighted by Crippen LogP contribution is -2.51. The van der Waals surface area contributed by atoms with Gasteiger partial charge in [-0.2, -0.15) is 5.26 Å². The summed E-state index contributed by atoms with van der Waals surface area (Å²) in [4.78, 5) is 31.0. The number of carbonyl (C=O) groups excluding carboxylic acids is 2. The van der Waals surface area contributed by atoms with Crippen molar-refractivity contribution in [3.63, 3.8) is 0 Å². The zero-order chi connectivity index (χ0) is 26.7. The molecule has 0 aliphatic carbocycles. The molecule has 0 spiro atoms. The van der Waals surface area contributed by atoms with Gasteiger partial charge in [0.15, 0.2) is 9.84 Å². The van der Waals surface area contributed by atoms with Crippen molar-refractivity contribution in [2.24, 2.45) is 0 Å². The van der Waals surface area contributed by atoms with Crippen molar-refractivity contribution < 1.29 is 27.6 Å². The van der Waals surface area contributed by atoms with Crippen LogP contribution in [-0.2, 0) is 29.7 Å². The molecule has 0 saturated carbocycles. The van der Waals surface area contributed by atoms with Gasteiger partial charge in [-0.05, 0) is 51.8 Å². The van der Waals surface area contributed by atoms with Crippen LogP contribution in [0.3, 0.4) is 0 Å². The van der Waals surface area contributed by atoms with Crippen LogP contribution >= 0.6 is 11.6 Å². The molecule has 1 saturated heterocycles. The summed E-state index contributed by atoms with van der Waals surface area (Å²) >= 11 is 6.14. The van der Waals surface area contributed by atoms with Gasteiger partial charge in [-0.25, -0.2) is 13.2 Å². The van der Waals surface area contributed by atoms with Crippen LogP contribution in [0.1, 0.15) is 39.7 Å². The van der Waals surface area contributed by atoms with Gasteiger partial charge < -0.3 is 14.9 Å². The number of benzene rings is 2. The number of carbonyl (C=O) groups is 2. The normalized spacial score (nSPS) is 20.1. The van der Waals surface area contributed by atoms with E-state index in [-0.39, 0.29) is 22.9 Å². The van der Waals surface area contributed by atoms with Crippen LogP contribution in [0.2, 0.25) is 5.02 Å². The topological polar surface area (TPSA) is 126 Å². The third-order valence-electron chi connectivity index (χ3n) is 5.63. The Labute approximate surface area is 215 Å². The van der Waals surface area contributed by atoms with Gasteiger partial charge >= 0.3 is 6.16 Å². The lowest BCUT2D eigenvalue weighted by Gasteiger charge is -2.28. The monoisotopic (exact) mass is 533 g/mol. The Morgan fingerprint density at radius 2 is 1.69 bits per heavy atom. The van der Waals surface area contributed by atoms with Gasteiger partial charge in [0.1, 0.15) is 17.2 Å². The highest BCUT2D eigenvalue weighted by Crippen LogP contribution is 2.33. The fourth-order valence-corrected chi connectivity index (χ4v) is 6.02. The number of hydrogen-bond acceptors (Lipinski definition) is 8. The number of hydrogen-bond donors (Lipinski definition) is 1. The van der Waals surface area contributed by atoms with Gasteiger partial charge in [-0.15, -0.1) is 5.06 Å². The molecule has 0 radical (unpaired) electrons. The van der Waals surface area contributed by atoms with Crippen molar-refractivity contribution >= 4 is 33.5 Å². The Morgan fingerprint density at radius 1 is 1.08 bits per heavy atom. The van der Waals surface area contributed by atoms with Gasteiger partial charge in [0.25, 0.3) is 0 Å². The highest BCUT2D eigenvalue weighted by atomic mass is 35.5. The molecule has 3 rings (SSSR count). The molecule has 2 aromatic rings. The van der Waals surface area contributed by atoms with Gasteiger partial charge in [0.05, 0.1) is 27.8 Å². The Morgan fingerprint density at radius 3 is 2.28 bits per heavy atom. The first-order valence-corrected chi connectivity index (χ1v) is 13.1. The quantitative estimate of drug-likeness (QED) is 0.552. The average molecular weight is 534 g/mol. The predicted molar refractivity (Wildman–Crippen MR) is 132 cm³/mol. The summed E-state index contributed by atoms with van der Waals surface area (Å²) in [6, 6.07) is 15.5. The lowest BCUT2D eigenvalue weighted by molar-refractivity contribution is -0.163. The minimum absolute atomic E-state index is 0.0474. The van der Waals surface area contributed by atoms with Crippen molar-refractivity contribution in [1.82, 2.24) is 10.4 Å². The summed E-state index contributed by atoms with van der Waals surface area (Å²) in [7, 11) is -3.99. The number of ether oxygens (including phenoxy) is 1. The molecule has 36 heavy (non-hydrogen) atoms. The van der Waals surface area contributed by atoms with E-state index in [9.17, 15) is 23.3 Å². The van der Waals surface area contributed by atoms with Crippen LogP contribution in [0, 0.1) is 11.3 Å². The molecule has 0 bridgehead atoms. The zero-order valence-corrected chi connectivity index (χ0v) is 22.0. The molecule has 2 aromatic carbocycles. The van der Waals surface area contributed by atoms with Gasteiger partial charge in [-0.1, -0.05) is 54.1 Å². The van der Waals surface area contributed by atoms with Crippen LogP contribution in [-0.4, -0.2) is 49.0 Å². The van der Waals surface area contributed by atoms with Crippen LogP contribution in [0.25, 0.3) is 0 Å². The fourth-order valence-electron chi connectivity index (χ4n) is 3.82. The van der Waals surface area contributed by atoms with Crippen molar-refractivity contribution in [2.75, 3.05) is 6.54 Å². The SMILES string of the molecule is CC(C)(C)OC(=O)ON1C[C@H](S(=O)(=O)c2ccccc2Cl)C[C@H]1C(=O)NC(C)(C#N)c1ccccc1. The fraction of sp³-hybridized carbons (Fsp3) is 0.400. The number of hydroxylamine groups is 2. The number of amides is 1. The minimum atomic E-state index is -3.99. The largest absolute Gasteiger partial charge is 0.528 e. The van der Waals surface area contributed by atoms with E-state index in [4.69, 9.17) is 21.2 Å². The van der Waals surface area contributed by atoms with E-state index < -0.39 is 44.3 Å². The number of rotatable bonds is 6. The summed E-state index contributed by atoms with van der Waals surface area (Å²) in [5.74, 6) is -0.677. The van der Waals surface area contributed by atoms with E-state index in [1.807, 2.05) is 0 Å². The summed E-state index contributed by atoms with van der Waals surface area (Å²) in [5, 5.41) is 12.4. The van der Waals surface area contributed by atoms with Crippen molar-refractivity contribution in [1.29, 1.82) is 5.26 Å². The molecule has 1 amide bonds. The van der Waals surface area contributed by atoms with E-state index in [2.05, 4.69) is 11.4 Å². The van der Waals surface area contributed by atoms with Gasteiger partial charge in [0.2, 0.25) is 5.91 Å². The lowest BCUT2D eigenvalue weighted by atomic mass is 9.93. The van der Waals surface area contributed by atoms with Crippen LogP contribution < -0.4 is 5.32 Å². The maximum atomic E-state index is 13.4. The minimum Gasteiger partial charge on any atom is -0.427 e. The number of halogens is 1. The van der Waals surface area contributed by atoms with E-state index in [0.29, 0.717) is 5.56 Å². The van der Waals surface area contributed by atoms with Crippen molar-refractivity contribution in [3.8, 4) is 6.07 Å². The van der Waals surface area contributed by atoms with Gasteiger partial charge in [-0.3, -0.25) is 4.79 Å². The first-order chi connectivity index (χ1) is 16.8. The van der Waals surface area contributed by atoms with Crippen LogP contribution in [0.4, 0.5) is 4.79 Å². The third-order valence-corrected chi connectivity index (χ3v) is 8.26. The maximum absolute atomic E-state index is 13.4. The molecule has 1 heterocycles. The number of nitrogens with one attached hydrogen (secondary N) is 1. The Bertz CT molecular complexity index is 1270. The molecule has 9 nitrogen and oxygen atoms in total. The summed E-state index contributed by atoms with van der Waals surface area (Å²) in [6.07, 6.45) is -1.28. The molecule has 192 valence electrons. The molecule has 0 aromatic heterocycles. The zero-order valence-electron chi connectivity index (χ0n) is 20.4. The van der Waals surface area contributed by atoms with E-state index >= 15 is 0 Å². The highest BCUT2D eigenvalue weighted by Gasteiger charge is 2.47. The number of nitriles is 1. The second-order valence-corrected chi connectivity index (χ2v) is 12.2. The van der Waals surface area contributed by atoms with Gasteiger partial charge in [0, 0.05) is 0 Å². The van der Waals surface area contributed by atoms with Crippen molar-refractivity contribution in [3.05, 3.63) is 65.2 Å². The summed E-state index contributed by atoms with van der Waals surface area (Å²) in [6.45, 7) is 6.17. The molecule has 11 heteroatoms. The summed E-state index contributed by atoms with van der Waals surface area (Å²) in [5.41, 5.74) is -1.74. The van der Waals surface area contributed by atoms with E-state index in [0.717, 1.165) is 5.06 Å². The number of sulfone groups is 1. The maximum Gasteiger partial charge on any atom is 0.528 e. The predicted octanol–water partition coefficient (Wildman–Crippen LogP) is 3.98. The molecular weight excluding hydrogens is 506 g/mol. The summed E-state index contributed by atoms with van der Waals surface area (Å²) < 4.78 is 31.9. The highest BCUT2D eigenvalue weighted by molar-refractivity contribution is 7.92. The third kappa shape index (κ3) is 6.16. The Balaban J connectivity index is 1.91. The Kier molecular flexibility index (Phi) is 7.98. The second-order valence-electron chi connectivity index (χ2n) is 9.60. The van der Waals surface area contributed by atoms with E-state index in [1.165, 1.54) is 19.1 Å². The van der Waals surface area contributed by atoms with Crippen LogP contribution in [0.5, 0.6) is 0 Å². The van der Waals surface area contributed by atoms with E-state index in [1.54, 1.807) is 63.2 Å². The molecule has 1 aliphatic rings. The van der Waals surface area contributed by atoms with Crippen LogP contribution in [0.15, 0.2) is 59.5 Å². The Hall–Kier alpha value is -3.13. The molecule has 1 fully saturated rings. The standard InChI is InChI=1S/C25H28ClN3O6S/c1-24(2,3)34-23(31)35-29-15-18(36(32,33)21-13-9-8-12-19(21)26)14-20(29)22(30)28-25(4,16-27)17-10-6-5-7-11-17/h5-13,18,20H,14-15H2,1-4H3,(H,28,30)/t18-,20+,25?/m1/s1. The smallest absolute Gasteiger partial charge is 0.427 e. The molecular formula is C25H28ClN3O6S. The average Bonchev–Trinajstić information content (AvgIpc) is 3.23. The number of nitrogens with zero attached hydrogens (tertiary/aromatic N) is 2. The van der Waals surface area contributed by atoms with Crippen molar-refractivity contribution in [2.45, 2.75) is 61.4 Å². The first kappa shape index (κ1) is 27.5. The molecule has 1 aliphatic heterocycles. The molecule has 3 atom stereocenters. The first-order valence-electron chi connectivity index (χ1n) is 11.2. The second kappa shape index (κ2) is 10.5. The molecule has 1 N–H and O–H groups in total.